The average molecular weight is 469 g/mol. The van der Waals surface area contributed by atoms with Crippen molar-refractivity contribution in [1.82, 2.24) is 0 Å². The summed E-state index contributed by atoms with van der Waals surface area (Å²) in [5.74, 6) is 0.0762. The van der Waals surface area contributed by atoms with Gasteiger partial charge in [0.15, 0.2) is 0 Å². The molecule has 0 aliphatic heterocycles. The van der Waals surface area contributed by atoms with E-state index < -0.39 is 0 Å². The molecule has 1 N–H and O–H groups in total. The molecule has 5 aromatic rings. The van der Waals surface area contributed by atoms with Crippen molar-refractivity contribution in [2.24, 2.45) is 0 Å². The molecule has 1 heterocycles. The van der Waals surface area contributed by atoms with E-state index in [2.05, 4.69) is 99.4 Å². The van der Waals surface area contributed by atoms with E-state index in [1.807, 2.05) is 6.07 Å². The third-order valence-corrected chi connectivity index (χ3v) is 9.16. The number of nitrogens with one attached hydrogen (secondary N) is 1. The molecule has 35 heavy (non-hydrogen) atoms. The van der Waals surface area contributed by atoms with Gasteiger partial charge < -0.3 is 5.11 Å². The second-order valence-corrected chi connectivity index (χ2v) is 11.7. The minimum absolute atomic E-state index is 0. The molecule has 2 aliphatic carbocycles. The van der Waals surface area contributed by atoms with Crippen LogP contribution in [0.15, 0.2) is 72.8 Å². The van der Waals surface area contributed by atoms with E-state index in [1.54, 1.807) is 11.3 Å². The Balaban J connectivity index is 0.00000229. The van der Waals surface area contributed by atoms with Crippen molar-refractivity contribution in [3.05, 3.63) is 95.1 Å². The number of thiazole rings is 1. The summed E-state index contributed by atoms with van der Waals surface area (Å²) >= 11 is 1.68. The van der Waals surface area contributed by atoms with E-state index in [-0.39, 0.29) is 26.7 Å². The molecule has 166 valence electrons. The van der Waals surface area contributed by atoms with Crippen LogP contribution < -0.4 is 10.1 Å². The van der Waals surface area contributed by atoms with Gasteiger partial charge in [0.1, 0.15) is 4.70 Å². The van der Waals surface area contributed by atoms with Crippen LogP contribution in [-0.4, -0.2) is 10.1 Å². The summed E-state index contributed by atoms with van der Waals surface area (Å²) in [6.45, 7) is 9.12. The van der Waals surface area contributed by atoms with Crippen LogP contribution in [0.25, 0.3) is 43.0 Å². The molecule has 0 bridgehead atoms. The molecular weight excluding hydrogens is 443 g/mol. The molecule has 7 rings (SSSR count). The van der Waals surface area contributed by atoms with Crippen LogP contribution in [0.5, 0.6) is 5.75 Å². The Labute approximate surface area is 213 Å². The van der Waals surface area contributed by atoms with Gasteiger partial charge in [-0.15, -0.1) is 0 Å². The maximum absolute atomic E-state index is 13.3. The van der Waals surface area contributed by atoms with Crippen LogP contribution in [-0.2, 0) is 10.8 Å². The predicted octanol–water partition coefficient (Wildman–Crippen LogP) is 6.69. The van der Waals surface area contributed by atoms with Gasteiger partial charge in [0.2, 0.25) is 5.52 Å². The van der Waals surface area contributed by atoms with Gasteiger partial charge in [-0.3, -0.25) is 0 Å². The first-order valence-corrected chi connectivity index (χ1v) is 12.6. The largest absolute Gasteiger partial charge is 2.00 e. The molecule has 4 aromatic carbocycles. The van der Waals surface area contributed by atoms with E-state index in [0.717, 1.165) is 21.7 Å². The van der Waals surface area contributed by atoms with E-state index in [9.17, 15) is 5.11 Å². The zero-order valence-corrected chi connectivity index (χ0v) is 21.3. The Hall–Kier alpha value is -3.26. The summed E-state index contributed by atoms with van der Waals surface area (Å²) in [4.78, 5) is 3.60. The quantitative estimate of drug-likeness (QED) is 0.253. The van der Waals surface area contributed by atoms with Gasteiger partial charge in [0.25, 0.3) is 5.01 Å². The molecule has 0 atom stereocenters. The maximum Gasteiger partial charge on any atom is 2.00 e. The third-order valence-electron chi connectivity index (χ3n) is 8.07. The monoisotopic (exact) mass is 468 g/mol. The fraction of sp³-hybridized carbons (Fsp3) is 0.194. The van der Waals surface area contributed by atoms with Gasteiger partial charge in [-0.2, -0.15) is 4.98 Å². The zero-order valence-electron chi connectivity index (χ0n) is 20.5. The van der Waals surface area contributed by atoms with Crippen molar-refractivity contribution in [3.8, 4) is 38.6 Å². The van der Waals surface area contributed by atoms with Crippen molar-refractivity contribution in [1.29, 1.82) is 0 Å². The molecule has 0 unspecified atom stereocenters. The first-order chi connectivity index (χ1) is 16.3. The fourth-order valence-electron chi connectivity index (χ4n) is 6.20. The number of fused-ring (bicyclic) bond motifs is 7. The Morgan fingerprint density at radius 1 is 0.629 bits per heavy atom. The molecule has 0 radical (unpaired) electrons. The predicted molar refractivity (Wildman–Crippen MR) is 144 cm³/mol. The van der Waals surface area contributed by atoms with Crippen molar-refractivity contribution in [3.63, 3.8) is 0 Å². The summed E-state index contributed by atoms with van der Waals surface area (Å²) in [5, 5.41) is 14.3. The fourth-order valence-corrected chi connectivity index (χ4v) is 7.24. The van der Waals surface area contributed by atoms with E-state index in [1.165, 1.54) is 43.6 Å². The van der Waals surface area contributed by atoms with Crippen molar-refractivity contribution in [2.75, 3.05) is 0 Å². The number of hydrogen-bond acceptors (Lipinski definition) is 2. The Morgan fingerprint density at radius 3 is 1.80 bits per heavy atom. The van der Waals surface area contributed by atoms with Crippen LogP contribution in [0.4, 0.5) is 0 Å². The Morgan fingerprint density at radius 2 is 1.17 bits per heavy atom. The summed E-state index contributed by atoms with van der Waals surface area (Å²) in [7, 11) is 0. The van der Waals surface area contributed by atoms with Crippen molar-refractivity contribution < 1.29 is 10.1 Å². The summed E-state index contributed by atoms with van der Waals surface area (Å²) in [6.07, 6.45) is 0. The normalized spacial score (nSPS) is 15.8. The summed E-state index contributed by atoms with van der Waals surface area (Å²) < 4.78 is 1.19. The number of aromatic amines is 1. The van der Waals surface area contributed by atoms with Gasteiger partial charge >= 0.3 is 10.1 Å². The molecule has 0 fully saturated rings. The minimum atomic E-state index is -0.125. The van der Waals surface area contributed by atoms with Crippen LogP contribution in [0.1, 0.15) is 49.9 Å². The molecule has 1 aromatic heterocycles. The van der Waals surface area contributed by atoms with E-state index >= 15 is 0 Å². The van der Waals surface area contributed by atoms with Crippen LogP contribution in [0.2, 0.25) is 0 Å². The first kappa shape index (κ1) is 22.2. The number of H-pyrrole nitrogens is 1. The topological polar surface area (TPSA) is 37.2 Å². The average Bonchev–Trinajstić information content (AvgIpc) is 3.41. The maximum atomic E-state index is 13.3. The molecule has 4 heteroatoms. The zero-order chi connectivity index (χ0) is 23.4. The molecule has 0 saturated heterocycles. The first-order valence-electron chi connectivity index (χ1n) is 11.8. The minimum Gasteiger partial charge on any atom is -0.872 e. The van der Waals surface area contributed by atoms with Crippen molar-refractivity contribution in [2.45, 2.75) is 38.5 Å². The number of benzene rings is 4. The van der Waals surface area contributed by atoms with Gasteiger partial charge in [-0.25, -0.2) is 0 Å². The van der Waals surface area contributed by atoms with Gasteiger partial charge in [0, 0.05) is 16.9 Å². The number of rotatable bonds is 1. The standard InChI is InChI=1S/C31H25NOS.Be/c1-30(2)23-12-8-6-10-18(23)20-15-27(33)21(13-24(20)30)29-32-26-14-19-17-9-5-7-11-22(17)31(3,4)25(19)16-28(26)34-29;/h5-16,33H,1-4H3;/q;+2. The second kappa shape index (κ2) is 7.13. The van der Waals surface area contributed by atoms with Crippen LogP contribution in [0.3, 0.4) is 0 Å². The smallest absolute Gasteiger partial charge is 0.872 e. The Bertz CT molecular complexity index is 1680. The Kier molecular flexibility index (Phi) is 4.53. The number of hydrogen-bond donors (Lipinski definition) is 0. The van der Waals surface area contributed by atoms with Crippen LogP contribution >= 0.6 is 11.3 Å². The molecule has 0 amide bonds. The molecule has 0 saturated carbocycles. The van der Waals surface area contributed by atoms with E-state index in [4.69, 9.17) is 0 Å². The third kappa shape index (κ3) is 2.83. The van der Waals surface area contributed by atoms with Gasteiger partial charge in [-0.05, 0) is 56.6 Å². The molecule has 2 aliphatic rings. The van der Waals surface area contributed by atoms with Gasteiger partial charge in [-0.1, -0.05) is 99.4 Å². The molecule has 2 nitrogen and oxygen atoms in total. The van der Waals surface area contributed by atoms with Crippen LogP contribution in [0, 0.1) is 0 Å². The summed E-state index contributed by atoms with van der Waals surface area (Å²) in [5.41, 5.74) is 11.8. The summed E-state index contributed by atoms with van der Waals surface area (Å²) in [6, 6.07) is 25.7. The molecular formula is C31H25BeNOS+2. The SMILES string of the molecule is CC1(C)c2ccccc2-c2cc([O-])c(-c3[nH+]c4cc5c(cc4s3)C(C)(C)c3ccccc3-5)cc21.[Be+2]. The van der Waals surface area contributed by atoms with Crippen molar-refractivity contribution >= 4 is 31.7 Å². The second-order valence-electron chi connectivity index (χ2n) is 10.7. The number of aromatic nitrogens is 1. The van der Waals surface area contributed by atoms with E-state index in [0.29, 0.717) is 0 Å². The molecule has 0 spiro atoms. The van der Waals surface area contributed by atoms with Gasteiger partial charge in [0.05, 0.1) is 5.56 Å².